The molecular formula is C10H15N3O3. The Morgan fingerprint density at radius 1 is 1.31 bits per heavy atom. The van der Waals surface area contributed by atoms with Gasteiger partial charge in [-0.05, 0) is 13.8 Å². The van der Waals surface area contributed by atoms with Gasteiger partial charge >= 0.3 is 0 Å². The Labute approximate surface area is 93.4 Å². The highest BCUT2D eigenvalue weighted by molar-refractivity contribution is 5.83. The van der Waals surface area contributed by atoms with Crippen LogP contribution in [-0.4, -0.2) is 23.5 Å². The minimum Gasteiger partial charge on any atom is -0.361 e. The van der Waals surface area contributed by atoms with Crippen LogP contribution in [0.4, 0.5) is 0 Å². The summed E-state index contributed by atoms with van der Waals surface area (Å²) < 4.78 is 4.95. The zero-order valence-corrected chi connectivity index (χ0v) is 9.59. The third-order valence-corrected chi connectivity index (χ3v) is 2.14. The molecule has 88 valence electrons. The molecule has 0 atom stereocenters. The second kappa shape index (κ2) is 5.29. The molecule has 6 heteroatoms. The monoisotopic (exact) mass is 225 g/mol. The van der Waals surface area contributed by atoms with Crippen LogP contribution in [0.25, 0.3) is 0 Å². The summed E-state index contributed by atoms with van der Waals surface area (Å²) in [6.45, 7) is 5.31. The zero-order chi connectivity index (χ0) is 12.1. The second-order valence-corrected chi connectivity index (χ2v) is 3.49. The van der Waals surface area contributed by atoms with E-state index in [2.05, 4.69) is 15.8 Å². The summed E-state index contributed by atoms with van der Waals surface area (Å²) in [5, 5.41) is 8.86. The van der Waals surface area contributed by atoms with Crippen molar-refractivity contribution in [3.05, 3.63) is 17.0 Å². The van der Waals surface area contributed by atoms with Crippen molar-refractivity contribution in [1.82, 2.24) is 15.8 Å². The molecule has 0 aliphatic rings. The molecule has 2 N–H and O–H groups in total. The summed E-state index contributed by atoms with van der Waals surface area (Å²) >= 11 is 0. The Morgan fingerprint density at radius 3 is 2.50 bits per heavy atom. The molecule has 0 saturated carbocycles. The van der Waals surface area contributed by atoms with E-state index in [-0.39, 0.29) is 18.4 Å². The number of carbonyl (C=O) groups is 2. The molecule has 0 aliphatic carbocycles. The van der Waals surface area contributed by atoms with E-state index in [1.165, 1.54) is 6.92 Å². The van der Waals surface area contributed by atoms with Gasteiger partial charge in [0.05, 0.1) is 12.2 Å². The Hall–Kier alpha value is -1.85. The van der Waals surface area contributed by atoms with E-state index in [1.54, 1.807) is 6.92 Å². The summed E-state index contributed by atoms with van der Waals surface area (Å²) in [6.07, 6.45) is 0. The SMILES string of the molecule is CC(=O)NCC(=O)NCc1c(C)noc1C. The van der Waals surface area contributed by atoms with Crippen LogP contribution in [0.3, 0.4) is 0 Å². The Kier molecular flexibility index (Phi) is 4.04. The molecule has 1 heterocycles. The zero-order valence-electron chi connectivity index (χ0n) is 9.59. The molecule has 0 unspecified atom stereocenters. The maximum absolute atomic E-state index is 11.3. The normalized spacial score (nSPS) is 9.94. The van der Waals surface area contributed by atoms with Crippen molar-refractivity contribution in [3.8, 4) is 0 Å². The lowest BCUT2D eigenvalue weighted by atomic mass is 10.2. The quantitative estimate of drug-likeness (QED) is 0.758. The van der Waals surface area contributed by atoms with E-state index >= 15 is 0 Å². The lowest BCUT2D eigenvalue weighted by Crippen LogP contribution is -2.35. The van der Waals surface area contributed by atoms with Crippen LogP contribution in [0, 0.1) is 13.8 Å². The van der Waals surface area contributed by atoms with Crippen LogP contribution in [0.2, 0.25) is 0 Å². The van der Waals surface area contributed by atoms with Crippen molar-refractivity contribution in [3.63, 3.8) is 0 Å². The maximum Gasteiger partial charge on any atom is 0.239 e. The Morgan fingerprint density at radius 2 is 2.00 bits per heavy atom. The van der Waals surface area contributed by atoms with Crippen molar-refractivity contribution in [2.75, 3.05) is 6.54 Å². The summed E-state index contributed by atoms with van der Waals surface area (Å²) in [5.41, 5.74) is 1.63. The predicted molar refractivity (Wildman–Crippen MR) is 56.5 cm³/mol. The fourth-order valence-corrected chi connectivity index (χ4v) is 1.21. The van der Waals surface area contributed by atoms with Gasteiger partial charge in [0, 0.05) is 19.0 Å². The number of hydrogen-bond acceptors (Lipinski definition) is 4. The number of nitrogens with one attached hydrogen (secondary N) is 2. The first-order chi connectivity index (χ1) is 7.50. The van der Waals surface area contributed by atoms with Crippen molar-refractivity contribution >= 4 is 11.8 Å². The first-order valence-electron chi connectivity index (χ1n) is 4.93. The number of amides is 2. The fourth-order valence-electron chi connectivity index (χ4n) is 1.21. The summed E-state index contributed by atoms with van der Waals surface area (Å²) in [5.74, 6) is 0.222. The van der Waals surface area contributed by atoms with Crippen LogP contribution in [-0.2, 0) is 16.1 Å². The molecule has 0 aromatic carbocycles. The van der Waals surface area contributed by atoms with Crippen molar-refractivity contribution in [1.29, 1.82) is 0 Å². The van der Waals surface area contributed by atoms with Gasteiger partial charge in [-0.1, -0.05) is 5.16 Å². The molecule has 0 spiro atoms. The Balaban J connectivity index is 2.40. The molecule has 16 heavy (non-hydrogen) atoms. The lowest BCUT2D eigenvalue weighted by molar-refractivity contribution is -0.125. The van der Waals surface area contributed by atoms with Crippen LogP contribution < -0.4 is 10.6 Å². The summed E-state index contributed by atoms with van der Waals surface area (Å²) in [4.78, 5) is 21.9. The van der Waals surface area contributed by atoms with Crippen LogP contribution >= 0.6 is 0 Å². The fraction of sp³-hybridized carbons (Fsp3) is 0.500. The second-order valence-electron chi connectivity index (χ2n) is 3.49. The number of aryl methyl sites for hydroxylation is 2. The molecule has 0 saturated heterocycles. The van der Waals surface area contributed by atoms with Gasteiger partial charge in [-0.3, -0.25) is 9.59 Å². The number of rotatable bonds is 4. The summed E-state index contributed by atoms with van der Waals surface area (Å²) in [6, 6.07) is 0. The standard InChI is InChI=1S/C10H15N3O3/c1-6-9(7(2)16-13-6)4-12-10(15)5-11-8(3)14/h4-5H2,1-3H3,(H,11,14)(H,12,15). The van der Waals surface area contributed by atoms with Crippen molar-refractivity contribution in [2.45, 2.75) is 27.3 Å². The first-order valence-corrected chi connectivity index (χ1v) is 4.93. The van der Waals surface area contributed by atoms with Crippen LogP contribution in [0.15, 0.2) is 4.52 Å². The molecule has 0 radical (unpaired) electrons. The highest BCUT2D eigenvalue weighted by atomic mass is 16.5. The smallest absolute Gasteiger partial charge is 0.239 e. The van der Waals surface area contributed by atoms with E-state index in [4.69, 9.17) is 4.52 Å². The van der Waals surface area contributed by atoms with E-state index in [0.717, 1.165) is 11.3 Å². The number of nitrogens with zero attached hydrogens (tertiary/aromatic N) is 1. The predicted octanol–water partition coefficient (Wildman–Crippen LogP) is 0.0437. The topological polar surface area (TPSA) is 84.2 Å². The van der Waals surface area contributed by atoms with E-state index in [9.17, 15) is 9.59 Å². The minimum atomic E-state index is -0.241. The molecule has 0 fully saturated rings. The minimum absolute atomic E-state index is 0.0152. The molecule has 0 bridgehead atoms. The van der Waals surface area contributed by atoms with E-state index in [1.807, 2.05) is 6.92 Å². The number of hydrogen-bond donors (Lipinski definition) is 2. The molecular weight excluding hydrogens is 210 g/mol. The van der Waals surface area contributed by atoms with Gasteiger partial charge in [0.15, 0.2) is 0 Å². The third kappa shape index (κ3) is 3.38. The first kappa shape index (κ1) is 12.2. The Bertz CT molecular complexity index is 379. The molecule has 0 aliphatic heterocycles. The third-order valence-electron chi connectivity index (χ3n) is 2.14. The van der Waals surface area contributed by atoms with E-state index in [0.29, 0.717) is 12.3 Å². The maximum atomic E-state index is 11.3. The highest BCUT2D eigenvalue weighted by Gasteiger charge is 2.10. The largest absolute Gasteiger partial charge is 0.361 e. The van der Waals surface area contributed by atoms with Gasteiger partial charge in [0.2, 0.25) is 11.8 Å². The van der Waals surface area contributed by atoms with E-state index < -0.39 is 0 Å². The molecule has 1 rings (SSSR count). The average Bonchev–Trinajstić information content (AvgIpc) is 2.53. The van der Waals surface area contributed by atoms with Crippen molar-refractivity contribution < 1.29 is 14.1 Å². The molecule has 1 aromatic heterocycles. The molecule has 1 aromatic rings. The van der Waals surface area contributed by atoms with Gasteiger partial charge in [-0.25, -0.2) is 0 Å². The van der Waals surface area contributed by atoms with Crippen LogP contribution in [0.5, 0.6) is 0 Å². The average molecular weight is 225 g/mol. The lowest BCUT2D eigenvalue weighted by Gasteiger charge is -2.04. The number of aromatic nitrogens is 1. The van der Waals surface area contributed by atoms with Gasteiger partial charge in [0.1, 0.15) is 5.76 Å². The van der Waals surface area contributed by atoms with Gasteiger partial charge in [-0.15, -0.1) is 0 Å². The molecule has 6 nitrogen and oxygen atoms in total. The number of carbonyl (C=O) groups excluding carboxylic acids is 2. The van der Waals surface area contributed by atoms with Crippen LogP contribution in [0.1, 0.15) is 23.9 Å². The van der Waals surface area contributed by atoms with Crippen molar-refractivity contribution in [2.24, 2.45) is 0 Å². The van der Waals surface area contributed by atoms with Gasteiger partial charge in [0.25, 0.3) is 0 Å². The van der Waals surface area contributed by atoms with Gasteiger partial charge < -0.3 is 15.2 Å². The highest BCUT2D eigenvalue weighted by Crippen LogP contribution is 2.11. The van der Waals surface area contributed by atoms with Gasteiger partial charge in [-0.2, -0.15) is 0 Å². The summed E-state index contributed by atoms with van der Waals surface area (Å²) in [7, 11) is 0. The molecule has 2 amide bonds.